The van der Waals surface area contributed by atoms with Crippen molar-refractivity contribution in [2.45, 2.75) is 37.1 Å². The van der Waals surface area contributed by atoms with Crippen molar-refractivity contribution in [2.24, 2.45) is 0 Å². The van der Waals surface area contributed by atoms with Gasteiger partial charge in [0.1, 0.15) is 5.69 Å². The first-order valence-electron chi connectivity index (χ1n) is 9.44. The van der Waals surface area contributed by atoms with Crippen LogP contribution in [0.1, 0.15) is 35.7 Å². The summed E-state index contributed by atoms with van der Waals surface area (Å²) in [5, 5.41) is 6.61. The van der Waals surface area contributed by atoms with Crippen molar-refractivity contribution in [1.82, 2.24) is 9.88 Å². The van der Waals surface area contributed by atoms with E-state index in [4.69, 9.17) is 4.52 Å². The molecule has 1 fully saturated rings. The van der Waals surface area contributed by atoms with Crippen molar-refractivity contribution in [3.63, 3.8) is 0 Å². The fraction of sp³-hybridized carbons (Fsp3) is 0.238. The summed E-state index contributed by atoms with van der Waals surface area (Å²) >= 11 is 0. The molecule has 3 aromatic rings. The highest BCUT2D eigenvalue weighted by atomic mass is 32.2. The van der Waals surface area contributed by atoms with Gasteiger partial charge in [-0.3, -0.25) is 10.1 Å². The van der Waals surface area contributed by atoms with E-state index in [1.807, 2.05) is 24.3 Å². The standard InChI is InChI=1S/C21H21N3O4S/c1-2-14-6-8-15(9-7-14)19-13-20(28-23-19)22-21(25)16-4-3-5-18(12-16)29(26,27)24-17-10-11-17/h3-9,12-13,17,24H,2,10-11H2,1H3,(H,22,25). The predicted molar refractivity (Wildman–Crippen MR) is 109 cm³/mol. The predicted octanol–water partition coefficient (Wildman–Crippen LogP) is 3.60. The van der Waals surface area contributed by atoms with Crippen LogP contribution in [0.25, 0.3) is 11.3 Å². The Balaban J connectivity index is 1.48. The van der Waals surface area contributed by atoms with Crippen molar-refractivity contribution in [2.75, 3.05) is 5.32 Å². The zero-order valence-corrected chi connectivity index (χ0v) is 16.7. The molecular formula is C21H21N3O4S. The normalized spacial score (nSPS) is 14.0. The van der Waals surface area contributed by atoms with Crippen LogP contribution in [0.4, 0.5) is 5.88 Å². The van der Waals surface area contributed by atoms with Gasteiger partial charge in [-0.2, -0.15) is 0 Å². The molecule has 0 aliphatic heterocycles. The molecule has 8 heteroatoms. The van der Waals surface area contributed by atoms with E-state index in [2.05, 4.69) is 22.1 Å². The van der Waals surface area contributed by atoms with E-state index < -0.39 is 15.9 Å². The Hall–Kier alpha value is -2.97. The van der Waals surface area contributed by atoms with Crippen molar-refractivity contribution >= 4 is 21.8 Å². The molecular weight excluding hydrogens is 390 g/mol. The van der Waals surface area contributed by atoms with Gasteiger partial charge in [0, 0.05) is 23.2 Å². The summed E-state index contributed by atoms with van der Waals surface area (Å²) in [4.78, 5) is 12.6. The van der Waals surface area contributed by atoms with Gasteiger partial charge < -0.3 is 4.52 Å². The van der Waals surface area contributed by atoms with E-state index in [1.54, 1.807) is 12.1 Å². The van der Waals surface area contributed by atoms with Gasteiger partial charge in [-0.15, -0.1) is 0 Å². The maximum Gasteiger partial charge on any atom is 0.258 e. The Kier molecular flexibility index (Phi) is 5.21. The van der Waals surface area contributed by atoms with Crippen molar-refractivity contribution in [3.05, 3.63) is 65.7 Å². The lowest BCUT2D eigenvalue weighted by molar-refractivity contribution is 0.102. The summed E-state index contributed by atoms with van der Waals surface area (Å²) in [5.41, 5.74) is 2.92. The van der Waals surface area contributed by atoms with Crippen molar-refractivity contribution in [3.8, 4) is 11.3 Å². The number of nitrogens with one attached hydrogen (secondary N) is 2. The summed E-state index contributed by atoms with van der Waals surface area (Å²) < 4.78 is 32.5. The van der Waals surface area contributed by atoms with E-state index in [0.717, 1.165) is 24.8 Å². The molecule has 7 nitrogen and oxygen atoms in total. The van der Waals surface area contributed by atoms with Crippen LogP contribution in [0.5, 0.6) is 0 Å². The topological polar surface area (TPSA) is 101 Å². The van der Waals surface area contributed by atoms with E-state index in [0.29, 0.717) is 5.69 Å². The molecule has 1 heterocycles. The van der Waals surface area contributed by atoms with Crippen molar-refractivity contribution in [1.29, 1.82) is 0 Å². The summed E-state index contributed by atoms with van der Waals surface area (Å²) in [6.07, 6.45) is 2.63. The molecule has 150 valence electrons. The van der Waals surface area contributed by atoms with Gasteiger partial charge in [0.15, 0.2) is 0 Å². The van der Waals surface area contributed by atoms with Gasteiger partial charge in [-0.05, 0) is 43.0 Å². The lowest BCUT2D eigenvalue weighted by Crippen LogP contribution is -2.26. The summed E-state index contributed by atoms with van der Waals surface area (Å²) in [6, 6.07) is 15.5. The number of nitrogens with zero attached hydrogens (tertiary/aromatic N) is 1. The number of carbonyl (C=O) groups is 1. The highest BCUT2D eigenvalue weighted by Crippen LogP contribution is 2.24. The number of sulfonamides is 1. The molecule has 2 N–H and O–H groups in total. The van der Waals surface area contributed by atoms with Gasteiger partial charge >= 0.3 is 0 Å². The number of benzene rings is 2. The quantitative estimate of drug-likeness (QED) is 0.619. The van der Waals surface area contributed by atoms with Crippen LogP contribution in [-0.2, 0) is 16.4 Å². The summed E-state index contributed by atoms with van der Waals surface area (Å²) in [7, 11) is -3.63. The number of anilines is 1. The van der Waals surface area contributed by atoms with Crippen LogP contribution in [0.3, 0.4) is 0 Å². The van der Waals surface area contributed by atoms with E-state index >= 15 is 0 Å². The average molecular weight is 411 g/mol. The molecule has 0 bridgehead atoms. The summed E-state index contributed by atoms with van der Waals surface area (Å²) in [5.74, 6) is -0.286. The second kappa shape index (κ2) is 7.81. The first-order valence-corrected chi connectivity index (χ1v) is 10.9. The van der Waals surface area contributed by atoms with Crippen LogP contribution in [0, 0.1) is 0 Å². The second-order valence-electron chi connectivity index (χ2n) is 7.00. The van der Waals surface area contributed by atoms with Crippen LogP contribution < -0.4 is 10.0 Å². The Morgan fingerprint density at radius 1 is 1.14 bits per heavy atom. The fourth-order valence-corrected chi connectivity index (χ4v) is 4.21. The number of hydrogen-bond acceptors (Lipinski definition) is 5. The third-order valence-electron chi connectivity index (χ3n) is 4.71. The van der Waals surface area contributed by atoms with Gasteiger partial charge in [0.25, 0.3) is 5.91 Å². The molecule has 1 amide bonds. The van der Waals surface area contributed by atoms with E-state index in [9.17, 15) is 13.2 Å². The lowest BCUT2D eigenvalue weighted by Gasteiger charge is -2.07. The summed E-state index contributed by atoms with van der Waals surface area (Å²) in [6.45, 7) is 2.08. The lowest BCUT2D eigenvalue weighted by atomic mass is 10.1. The van der Waals surface area contributed by atoms with E-state index in [1.165, 1.54) is 23.8 Å². The first-order chi connectivity index (χ1) is 13.9. The zero-order valence-electron chi connectivity index (χ0n) is 15.9. The minimum atomic E-state index is -3.63. The maximum absolute atomic E-state index is 12.5. The highest BCUT2D eigenvalue weighted by molar-refractivity contribution is 7.89. The van der Waals surface area contributed by atoms with Crippen LogP contribution >= 0.6 is 0 Å². The monoisotopic (exact) mass is 411 g/mol. The Bertz CT molecular complexity index is 1130. The molecule has 1 aliphatic rings. The number of amides is 1. The largest absolute Gasteiger partial charge is 0.338 e. The van der Waals surface area contributed by atoms with Crippen LogP contribution in [0.2, 0.25) is 0 Å². The average Bonchev–Trinajstić information content (AvgIpc) is 3.41. The molecule has 1 saturated carbocycles. The van der Waals surface area contributed by atoms with Crippen LogP contribution in [0.15, 0.2) is 64.0 Å². The molecule has 0 atom stereocenters. The number of hydrogen-bond donors (Lipinski definition) is 2. The second-order valence-corrected chi connectivity index (χ2v) is 8.72. The Morgan fingerprint density at radius 3 is 2.59 bits per heavy atom. The van der Waals surface area contributed by atoms with Gasteiger partial charge in [0.2, 0.25) is 15.9 Å². The van der Waals surface area contributed by atoms with Gasteiger partial charge in [-0.25, -0.2) is 13.1 Å². The fourth-order valence-electron chi connectivity index (χ4n) is 2.86. The minimum Gasteiger partial charge on any atom is -0.338 e. The minimum absolute atomic E-state index is 0.00325. The Morgan fingerprint density at radius 2 is 1.90 bits per heavy atom. The highest BCUT2D eigenvalue weighted by Gasteiger charge is 2.28. The molecule has 1 aliphatic carbocycles. The maximum atomic E-state index is 12.5. The smallest absolute Gasteiger partial charge is 0.258 e. The number of aryl methyl sites for hydroxylation is 1. The third-order valence-corrected chi connectivity index (χ3v) is 6.23. The first kappa shape index (κ1) is 19.4. The van der Waals surface area contributed by atoms with Gasteiger partial charge in [0.05, 0.1) is 4.90 Å². The molecule has 0 unspecified atom stereocenters. The molecule has 0 saturated heterocycles. The van der Waals surface area contributed by atoms with E-state index in [-0.39, 0.29) is 22.4 Å². The number of aromatic nitrogens is 1. The number of carbonyl (C=O) groups excluding carboxylic acids is 1. The molecule has 1 aromatic heterocycles. The third kappa shape index (κ3) is 4.55. The van der Waals surface area contributed by atoms with Crippen molar-refractivity contribution < 1.29 is 17.7 Å². The molecule has 0 radical (unpaired) electrons. The van der Waals surface area contributed by atoms with Gasteiger partial charge in [-0.1, -0.05) is 42.4 Å². The van der Waals surface area contributed by atoms with Crippen LogP contribution in [-0.4, -0.2) is 25.5 Å². The Labute approximate surface area is 169 Å². The molecule has 4 rings (SSSR count). The SMILES string of the molecule is CCc1ccc(-c2cc(NC(=O)c3cccc(S(=O)(=O)NC4CC4)c3)on2)cc1. The molecule has 0 spiro atoms. The zero-order chi connectivity index (χ0) is 20.4. The number of rotatable bonds is 7. The molecule has 29 heavy (non-hydrogen) atoms. The molecule has 2 aromatic carbocycles.